The molecular weight excluding hydrogens is 275 g/mol. The second-order valence-corrected chi connectivity index (χ2v) is 5.53. The zero-order valence-electron chi connectivity index (χ0n) is 12.9. The number of rotatable bonds is 7. The van der Waals surface area contributed by atoms with Crippen LogP contribution in [0.2, 0.25) is 5.02 Å². The van der Waals surface area contributed by atoms with Crippen LogP contribution in [0, 0.1) is 5.82 Å². The molecule has 1 aromatic carbocycles. The Morgan fingerprint density at radius 3 is 2.20 bits per heavy atom. The fraction of sp³-hybridized carbons (Fsp3) is 0.625. The van der Waals surface area contributed by atoms with Crippen molar-refractivity contribution in [3.05, 3.63) is 34.6 Å². The van der Waals surface area contributed by atoms with E-state index in [9.17, 15) is 4.39 Å². The minimum atomic E-state index is -0.305. The second kappa shape index (κ2) is 7.39. The summed E-state index contributed by atoms with van der Waals surface area (Å²) in [5, 5.41) is 0.539. The van der Waals surface area contributed by atoms with Crippen LogP contribution >= 0.6 is 11.6 Å². The topological polar surface area (TPSA) is 29.3 Å². The molecule has 0 radical (unpaired) electrons. The Balaban J connectivity index is 3.29. The highest BCUT2D eigenvalue weighted by atomic mass is 35.5. The van der Waals surface area contributed by atoms with Crippen molar-refractivity contribution in [2.75, 3.05) is 13.1 Å². The van der Waals surface area contributed by atoms with Gasteiger partial charge in [0.25, 0.3) is 0 Å². The molecule has 1 aromatic rings. The first kappa shape index (κ1) is 17.4. The third-order valence-electron chi connectivity index (χ3n) is 4.49. The standard InChI is InChI=1S/C16H26ClFN2/c1-5-16(6-2,20(7-3)8-4)15(19)13-11-12(18)9-10-14(13)17/h9-11,15H,5-8,19H2,1-4H3. The lowest BCUT2D eigenvalue weighted by Gasteiger charge is -2.47. The molecule has 0 aliphatic carbocycles. The van der Waals surface area contributed by atoms with E-state index >= 15 is 0 Å². The van der Waals surface area contributed by atoms with E-state index in [0.717, 1.165) is 25.9 Å². The maximum Gasteiger partial charge on any atom is 0.123 e. The number of hydrogen-bond donors (Lipinski definition) is 1. The molecule has 0 saturated carbocycles. The molecule has 114 valence electrons. The molecule has 1 atom stereocenters. The minimum absolute atomic E-state index is 0.194. The van der Waals surface area contributed by atoms with Crippen LogP contribution in [-0.2, 0) is 0 Å². The molecule has 0 aliphatic rings. The third-order valence-corrected chi connectivity index (χ3v) is 4.83. The van der Waals surface area contributed by atoms with Crippen LogP contribution in [0.1, 0.15) is 52.1 Å². The van der Waals surface area contributed by atoms with Gasteiger partial charge in [-0.1, -0.05) is 39.3 Å². The molecule has 0 aromatic heterocycles. The van der Waals surface area contributed by atoms with Gasteiger partial charge in [0.1, 0.15) is 5.82 Å². The monoisotopic (exact) mass is 300 g/mol. The maximum absolute atomic E-state index is 13.5. The van der Waals surface area contributed by atoms with Gasteiger partial charge in [-0.25, -0.2) is 4.39 Å². The zero-order chi connectivity index (χ0) is 15.3. The summed E-state index contributed by atoms with van der Waals surface area (Å²) in [6.07, 6.45) is 1.80. The van der Waals surface area contributed by atoms with Crippen LogP contribution in [0.25, 0.3) is 0 Å². The van der Waals surface area contributed by atoms with Crippen LogP contribution in [0.4, 0.5) is 4.39 Å². The van der Waals surface area contributed by atoms with E-state index in [1.807, 2.05) is 0 Å². The zero-order valence-corrected chi connectivity index (χ0v) is 13.7. The Labute approximate surface area is 127 Å². The second-order valence-electron chi connectivity index (χ2n) is 5.13. The van der Waals surface area contributed by atoms with E-state index in [1.54, 1.807) is 6.07 Å². The van der Waals surface area contributed by atoms with Gasteiger partial charge in [0.2, 0.25) is 0 Å². The molecule has 0 fully saturated rings. The largest absolute Gasteiger partial charge is 0.322 e. The molecule has 0 amide bonds. The quantitative estimate of drug-likeness (QED) is 0.809. The van der Waals surface area contributed by atoms with Gasteiger partial charge in [0, 0.05) is 16.6 Å². The predicted molar refractivity (Wildman–Crippen MR) is 84.6 cm³/mol. The summed E-state index contributed by atoms with van der Waals surface area (Å²) >= 11 is 6.24. The number of benzene rings is 1. The summed E-state index contributed by atoms with van der Waals surface area (Å²) < 4.78 is 13.5. The fourth-order valence-electron chi connectivity index (χ4n) is 3.23. The van der Waals surface area contributed by atoms with E-state index in [-0.39, 0.29) is 17.4 Å². The lowest BCUT2D eigenvalue weighted by atomic mass is 9.79. The van der Waals surface area contributed by atoms with E-state index in [0.29, 0.717) is 10.6 Å². The Kier molecular flexibility index (Phi) is 6.44. The van der Waals surface area contributed by atoms with Crippen molar-refractivity contribution in [2.45, 2.75) is 52.1 Å². The van der Waals surface area contributed by atoms with Crippen LogP contribution < -0.4 is 5.73 Å². The van der Waals surface area contributed by atoms with E-state index in [2.05, 4.69) is 32.6 Å². The first-order chi connectivity index (χ1) is 9.46. The van der Waals surface area contributed by atoms with Gasteiger partial charge < -0.3 is 5.73 Å². The van der Waals surface area contributed by atoms with Crippen molar-refractivity contribution in [1.29, 1.82) is 0 Å². The van der Waals surface area contributed by atoms with Gasteiger partial charge in [0.05, 0.1) is 0 Å². The molecule has 20 heavy (non-hydrogen) atoms. The van der Waals surface area contributed by atoms with Crippen LogP contribution in [0.15, 0.2) is 18.2 Å². The van der Waals surface area contributed by atoms with Crippen LogP contribution in [0.3, 0.4) is 0 Å². The average molecular weight is 301 g/mol. The number of nitrogens with zero attached hydrogens (tertiary/aromatic N) is 1. The summed E-state index contributed by atoms with van der Waals surface area (Å²) in [7, 11) is 0. The summed E-state index contributed by atoms with van der Waals surface area (Å²) in [5.74, 6) is -0.291. The van der Waals surface area contributed by atoms with E-state index in [4.69, 9.17) is 17.3 Å². The minimum Gasteiger partial charge on any atom is -0.322 e. The molecule has 2 N–H and O–H groups in total. The smallest absolute Gasteiger partial charge is 0.123 e. The predicted octanol–water partition coefficient (Wildman–Crippen LogP) is 4.38. The molecule has 0 aliphatic heterocycles. The van der Waals surface area contributed by atoms with Crippen LogP contribution in [0.5, 0.6) is 0 Å². The summed E-state index contributed by atoms with van der Waals surface area (Å²) in [6.45, 7) is 10.4. The van der Waals surface area contributed by atoms with Crippen molar-refractivity contribution in [1.82, 2.24) is 4.90 Å². The lowest BCUT2D eigenvalue weighted by Crippen LogP contribution is -2.54. The van der Waals surface area contributed by atoms with Crippen molar-refractivity contribution < 1.29 is 4.39 Å². The number of hydrogen-bond acceptors (Lipinski definition) is 2. The Morgan fingerprint density at radius 2 is 1.75 bits per heavy atom. The number of nitrogens with two attached hydrogens (primary N) is 1. The Bertz CT molecular complexity index is 428. The highest BCUT2D eigenvalue weighted by Gasteiger charge is 2.39. The summed E-state index contributed by atoms with van der Waals surface area (Å²) in [4.78, 5) is 2.36. The van der Waals surface area contributed by atoms with Gasteiger partial charge in [-0.3, -0.25) is 4.90 Å². The molecule has 1 rings (SSSR count). The molecule has 0 bridgehead atoms. The van der Waals surface area contributed by atoms with Crippen molar-refractivity contribution >= 4 is 11.6 Å². The molecule has 1 unspecified atom stereocenters. The van der Waals surface area contributed by atoms with E-state index in [1.165, 1.54) is 12.1 Å². The van der Waals surface area contributed by atoms with Gasteiger partial charge in [-0.15, -0.1) is 0 Å². The van der Waals surface area contributed by atoms with Crippen molar-refractivity contribution in [3.8, 4) is 0 Å². The highest BCUT2D eigenvalue weighted by molar-refractivity contribution is 6.31. The lowest BCUT2D eigenvalue weighted by molar-refractivity contribution is 0.0624. The summed E-state index contributed by atoms with van der Waals surface area (Å²) in [6, 6.07) is 4.12. The fourth-order valence-corrected chi connectivity index (χ4v) is 3.46. The molecule has 0 spiro atoms. The molecule has 2 nitrogen and oxygen atoms in total. The Hall–Kier alpha value is -0.640. The van der Waals surface area contributed by atoms with Gasteiger partial charge in [-0.2, -0.15) is 0 Å². The molecule has 0 heterocycles. The summed E-state index contributed by atoms with van der Waals surface area (Å²) in [5.41, 5.74) is 7.03. The van der Waals surface area contributed by atoms with Crippen molar-refractivity contribution in [3.63, 3.8) is 0 Å². The van der Waals surface area contributed by atoms with Crippen LogP contribution in [-0.4, -0.2) is 23.5 Å². The van der Waals surface area contributed by atoms with Gasteiger partial charge >= 0.3 is 0 Å². The molecule has 0 saturated heterocycles. The third kappa shape index (κ3) is 3.16. The first-order valence-corrected chi connectivity index (χ1v) is 7.80. The highest BCUT2D eigenvalue weighted by Crippen LogP contribution is 2.38. The van der Waals surface area contributed by atoms with E-state index < -0.39 is 0 Å². The van der Waals surface area contributed by atoms with Gasteiger partial charge in [0.15, 0.2) is 0 Å². The number of halogens is 2. The maximum atomic E-state index is 13.5. The Morgan fingerprint density at radius 1 is 1.20 bits per heavy atom. The van der Waals surface area contributed by atoms with Crippen molar-refractivity contribution in [2.24, 2.45) is 5.73 Å². The SMILES string of the molecule is CCN(CC)C(CC)(CC)C(N)c1cc(F)ccc1Cl. The number of likely N-dealkylation sites (N-methyl/N-ethyl adjacent to an activating group) is 1. The normalized spacial score (nSPS) is 13.8. The van der Waals surface area contributed by atoms with Gasteiger partial charge in [-0.05, 0) is 49.7 Å². The average Bonchev–Trinajstić information content (AvgIpc) is 2.46. The molecule has 4 heteroatoms. The molecular formula is C16H26ClFN2. The first-order valence-electron chi connectivity index (χ1n) is 7.42.